The lowest BCUT2D eigenvalue weighted by atomic mass is 9.99. The monoisotopic (exact) mass is 776 g/mol. The van der Waals surface area contributed by atoms with E-state index in [0.717, 1.165) is 54.0 Å². The van der Waals surface area contributed by atoms with E-state index in [0.29, 0.717) is 66.2 Å². The molecule has 2 fully saturated rings. The Kier molecular flexibility index (Phi) is 9.00. The molecular weight excluding hydrogens is 735 g/mol. The second-order valence-electron chi connectivity index (χ2n) is 15.4. The Morgan fingerprint density at radius 1 is 0.947 bits per heavy atom. The predicted octanol–water partition coefficient (Wildman–Crippen LogP) is 5.04. The number of hydrogen-bond acceptors (Lipinski definition) is 9. The summed E-state index contributed by atoms with van der Waals surface area (Å²) in [5, 5.41) is 15.8. The van der Waals surface area contributed by atoms with Gasteiger partial charge in [0.2, 0.25) is 17.7 Å². The van der Waals surface area contributed by atoms with Gasteiger partial charge in [0, 0.05) is 106 Å². The number of imide groups is 1. The SMILES string of the molecule is CC(=O)N1CCc2c(c(N(C)c3ccc(-c4cn(C)c5ccnnc45)c(C(F)F)c3)nn2C2CCN(c3ccc4c(c3)CN(C3CCC(=O)NC3=O)C4=O)CC2)C1. The first kappa shape index (κ1) is 36.4. The van der Waals surface area contributed by atoms with Crippen molar-refractivity contribution in [1.29, 1.82) is 0 Å². The van der Waals surface area contributed by atoms with Crippen molar-refractivity contribution in [2.75, 3.05) is 36.5 Å². The highest BCUT2D eigenvalue weighted by Crippen LogP contribution is 2.41. The summed E-state index contributed by atoms with van der Waals surface area (Å²) >= 11 is 0. The summed E-state index contributed by atoms with van der Waals surface area (Å²) in [5.74, 6) is -0.341. The van der Waals surface area contributed by atoms with Crippen LogP contribution in [0.4, 0.5) is 26.0 Å². The van der Waals surface area contributed by atoms with E-state index in [4.69, 9.17) is 5.10 Å². The van der Waals surface area contributed by atoms with Gasteiger partial charge in [-0.1, -0.05) is 6.07 Å². The number of aryl methyl sites for hydroxylation is 1. The predicted molar refractivity (Wildman–Crippen MR) is 207 cm³/mol. The van der Waals surface area contributed by atoms with Crippen LogP contribution in [0.3, 0.4) is 0 Å². The third kappa shape index (κ3) is 6.26. The van der Waals surface area contributed by atoms with Crippen molar-refractivity contribution in [3.63, 3.8) is 0 Å². The van der Waals surface area contributed by atoms with Gasteiger partial charge in [-0.25, -0.2) is 8.78 Å². The molecule has 7 heterocycles. The number of aromatic nitrogens is 5. The Morgan fingerprint density at radius 3 is 2.49 bits per heavy atom. The first-order valence-corrected chi connectivity index (χ1v) is 19.3. The number of amides is 4. The maximum absolute atomic E-state index is 14.8. The summed E-state index contributed by atoms with van der Waals surface area (Å²) in [6.07, 6.45) is 3.37. The fourth-order valence-corrected chi connectivity index (χ4v) is 9.02. The minimum absolute atomic E-state index is 0.0332. The molecule has 294 valence electrons. The first-order chi connectivity index (χ1) is 27.5. The molecule has 0 bridgehead atoms. The molecule has 1 atom stereocenters. The van der Waals surface area contributed by atoms with Gasteiger partial charge in [-0.3, -0.25) is 29.2 Å². The quantitative estimate of drug-likeness (QED) is 0.225. The van der Waals surface area contributed by atoms with Crippen LogP contribution in [-0.2, 0) is 40.9 Å². The van der Waals surface area contributed by atoms with Gasteiger partial charge in [0.15, 0.2) is 5.82 Å². The van der Waals surface area contributed by atoms with Gasteiger partial charge in [-0.15, -0.1) is 5.10 Å². The van der Waals surface area contributed by atoms with E-state index in [1.54, 1.807) is 41.2 Å². The second-order valence-corrected chi connectivity index (χ2v) is 15.4. The minimum atomic E-state index is -2.75. The Balaban J connectivity index is 0.967. The highest BCUT2D eigenvalue weighted by atomic mass is 19.3. The number of carbonyl (C=O) groups is 4. The summed E-state index contributed by atoms with van der Waals surface area (Å²) in [5.41, 5.74) is 7.15. The molecule has 16 heteroatoms. The zero-order valence-corrected chi connectivity index (χ0v) is 31.9. The average molecular weight is 777 g/mol. The number of nitrogens with zero attached hydrogens (tertiary/aromatic N) is 9. The molecule has 2 aromatic carbocycles. The molecule has 0 spiro atoms. The van der Waals surface area contributed by atoms with Crippen LogP contribution in [0.2, 0.25) is 0 Å². The number of anilines is 3. The van der Waals surface area contributed by atoms with Gasteiger partial charge in [0.05, 0.1) is 24.3 Å². The van der Waals surface area contributed by atoms with Crippen LogP contribution in [-0.4, -0.2) is 90.7 Å². The number of halogens is 2. The van der Waals surface area contributed by atoms with Gasteiger partial charge in [-0.2, -0.15) is 10.2 Å². The summed E-state index contributed by atoms with van der Waals surface area (Å²) in [6, 6.07) is 12.1. The van der Waals surface area contributed by atoms with Crippen molar-refractivity contribution in [1.82, 2.24) is 39.7 Å². The number of nitrogens with one attached hydrogen (secondary N) is 1. The average Bonchev–Trinajstić information content (AvgIpc) is 3.87. The molecule has 5 aromatic rings. The lowest BCUT2D eigenvalue weighted by Crippen LogP contribution is -2.52. The van der Waals surface area contributed by atoms with E-state index in [-0.39, 0.29) is 35.7 Å². The first-order valence-electron chi connectivity index (χ1n) is 19.3. The van der Waals surface area contributed by atoms with Gasteiger partial charge in [0.1, 0.15) is 11.6 Å². The van der Waals surface area contributed by atoms with Crippen molar-refractivity contribution in [3.05, 3.63) is 82.8 Å². The van der Waals surface area contributed by atoms with Gasteiger partial charge >= 0.3 is 0 Å². The Bertz CT molecular complexity index is 2470. The highest BCUT2D eigenvalue weighted by molar-refractivity contribution is 6.05. The van der Waals surface area contributed by atoms with E-state index < -0.39 is 18.4 Å². The Hall–Kier alpha value is -6.19. The van der Waals surface area contributed by atoms with Crippen LogP contribution in [0.1, 0.15) is 77.8 Å². The van der Waals surface area contributed by atoms with Crippen LogP contribution in [0, 0.1) is 0 Å². The minimum Gasteiger partial charge on any atom is -0.371 e. The van der Waals surface area contributed by atoms with Gasteiger partial charge in [0.25, 0.3) is 12.3 Å². The third-order valence-electron chi connectivity index (χ3n) is 12.1. The third-order valence-corrected chi connectivity index (χ3v) is 12.1. The Morgan fingerprint density at radius 2 is 1.74 bits per heavy atom. The van der Waals surface area contributed by atoms with Crippen molar-refractivity contribution in [2.45, 2.75) is 70.6 Å². The lowest BCUT2D eigenvalue weighted by Gasteiger charge is -2.35. The van der Waals surface area contributed by atoms with E-state index >= 15 is 0 Å². The van der Waals surface area contributed by atoms with Crippen LogP contribution in [0.15, 0.2) is 54.9 Å². The number of fused-ring (bicyclic) bond motifs is 3. The lowest BCUT2D eigenvalue weighted by molar-refractivity contribution is -0.137. The molecule has 1 N–H and O–H groups in total. The zero-order valence-electron chi connectivity index (χ0n) is 31.9. The number of carbonyl (C=O) groups excluding carboxylic acids is 4. The second kappa shape index (κ2) is 14.1. The molecule has 57 heavy (non-hydrogen) atoms. The molecule has 4 aliphatic rings. The van der Waals surface area contributed by atoms with Gasteiger partial charge in [-0.05, 0) is 66.8 Å². The molecular formula is C41H42F2N10O4. The largest absolute Gasteiger partial charge is 0.371 e. The number of alkyl halides is 2. The van der Waals surface area contributed by atoms with Crippen molar-refractivity contribution in [2.24, 2.45) is 7.05 Å². The zero-order chi connectivity index (χ0) is 39.7. The van der Waals surface area contributed by atoms with Crippen molar-refractivity contribution >= 4 is 51.9 Å². The number of rotatable bonds is 7. The maximum atomic E-state index is 14.8. The van der Waals surface area contributed by atoms with Crippen LogP contribution >= 0.6 is 0 Å². The van der Waals surface area contributed by atoms with Crippen LogP contribution < -0.4 is 15.1 Å². The number of piperidine rings is 2. The Labute approximate surface area is 327 Å². The molecule has 0 aliphatic carbocycles. The fourth-order valence-electron chi connectivity index (χ4n) is 9.02. The molecule has 0 radical (unpaired) electrons. The van der Waals surface area contributed by atoms with E-state index in [9.17, 15) is 28.0 Å². The maximum Gasteiger partial charge on any atom is 0.264 e. The number of benzene rings is 2. The fraction of sp³-hybridized carbons (Fsp3) is 0.390. The summed E-state index contributed by atoms with van der Waals surface area (Å²) in [6.45, 7) is 4.30. The number of hydrogen-bond donors (Lipinski definition) is 1. The molecule has 3 aromatic heterocycles. The molecule has 4 aliphatic heterocycles. The van der Waals surface area contributed by atoms with Crippen molar-refractivity contribution < 1.29 is 28.0 Å². The van der Waals surface area contributed by atoms with Crippen LogP contribution in [0.25, 0.3) is 22.2 Å². The molecule has 2 saturated heterocycles. The molecule has 9 rings (SSSR count). The summed E-state index contributed by atoms with van der Waals surface area (Å²) in [4.78, 5) is 57.6. The smallest absolute Gasteiger partial charge is 0.264 e. The van der Waals surface area contributed by atoms with E-state index in [2.05, 4.69) is 25.1 Å². The summed E-state index contributed by atoms with van der Waals surface area (Å²) < 4.78 is 33.6. The van der Waals surface area contributed by atoms with E-state index in [1.165, 1.54) is 6.07 Å². The van der Waals surface area contributed by atoms with Crippen molar-refractivity contribution in [3.8, 4) is 11.1 Å². The van der Waals surface area contributed by atoms with Gasteiger partial charge < -0.3 is 24.2 Å². The standard InChI is InChI=1S/C41H42F2N10O4/c1-23(54)51-17-13-33-32(22-51)39(49(3)26-4-7-29(30(19-26)38(42)43)31-21-48(2)34-10-14-44-46-37(31)34)47-53(33)25-11-15-50(16-12-25)27-5-6-28-24(18-27)20-52(41(28)57)35-8-9-36(55)45-40(35)56/h4-7,10,14,18-19,21,25,35,38H,8-9,11-13,15-17,20,22H2,1-3H3,(H,45,55,56). The topological polar surface area (TPSA) is 142 Å². The highest BCUT2D eigenvalue weighted by Gasteiger charge is 2.40. The van der Waals surface area contributed by atoms with E-state index in [1.807, 2.05) is 47.8 Å². The van der Waals surface area contributed by atoms with Crippen LogP contribution in [0.5, 0.6) is 0 Å². The molecule has 4 amide bonds. The molecule has 14 nitrogen and oxygen atoms in total. The normalized spacial score (nSPS) is 18.7. The summed E-state index contributed by atoms with van der Waals surface area (Å²) in [7, 11) is 3.68. The molecule has 1 unspecified atom stereocenters. The molecule has 0 saturated carbocycles.